The molecule has 0 spiro atoms. The fourth-order valence-electron chi connectivity index (χ4n) is 4.85. The van der Waals surface area contributed by atoms with Crippen molar-refractivity contribution in [2.24, 2.45) is 17.1 Å². The zero-order valence-corrected chi connectivity index (χ0v) is 14.3. The third-order valence-corrected chi connectivity index (χ3v) is 5.88. The second-order valence-electron chi connectivity index (χ2n) is 8.30. The summed E-state index contributed by atoms with van der Waals surface area (Å²) in [5.74, 6) is 0.923. The number of nitrogens with zero attached hydrogens (tertiary/aromatic N) is 1. The molecule has 1 aromatic rings. The zero-order valence-electron chi connectivity index (χ0n) is 14.3. The van der Waals surface area contributed by atoms with Gasteiger partial charge < -0.3 is 10.3 Å². The van der Waals surface area contributed by atoms with E-state index in [1.165, 1.54) is 49.8 Å². The Hall–Kier alpha value is -0.760. The lowest BCUT2D eigenvalue weighted by molar-refractivity contribution is 0.236. The number of hydrogen-bond donors (Lipinski definition) is 1. The van der Waals surface area contributed by atoms with Crippen LogP contribution in [0.5, 0.6) is 0 Å². The van der Waals surface area contributed by atoms with Gasteiger partial charge in [0.25, 0.3) is 0 Å². The molecule has 3 rings (SSSR count). The molecule has 2 nitrogen and oxygen atoms in total. The Balaban J connectivity index is 1.96. The summed E-state index contributed by atoms with van der Waals surface area (Å²) < 4.78 is 2.68. The maximum absolute atomic E-state index is 6.47. The van der Waals surface area contributed by atoms with E-state index >= 15 is 0 Å². The van der Waals surface area contributed by atoms with E-state index in [1.54, 1.807) is 5.69 Å². The summed E-state index contributed by atoms with van der Waals surface area (Å²) in [6.45, 7) is 9.38. The highest BCUT2D eigenvalue weighted by atomic mass is 15.0. The highest BCUT2D eigenvalue weighted by Gasteiger charge is 2.35. The van der Waals surface area contributed by atoms with Crippen LogP contribution in [0.1, 0.15) is 88.3 Å². The molecule has 2 aliphatic carbocycles. The van der Waals surface area contributed by atoms with Gasteiger partial charge in [-0.3, -0.25) is 0 Å². The number of fused-ring (bicyclic) bond motifs is 1. The van der Waals surface area contributed by atoms with E-state index in [-0.39, 0.29) is 6.04 Å². The van der Waals surface area contributed by atoms with Crippen molar-refractivity contribution in [3.63, 3.8) is 0 Å². The van der Waals surface area contributed by atoms with E-state index < -0.39 is 0 Å². The monoisotopic (exact) mass is 288 g/mol. The highest BCUT2D eigenvalue weighted by Crippen LogP contribution is 2.44. The van der Waals surface area contributed by atoms with E-state index in [0.717, 1.165) is 12.3 Å². The van der Waals surface area contributed by atoms with Crippen LogP contribution < -0.4 is 5.73 Å². The van der Waals surface area contributed by atoms with Crippen LogP contribution in [-0.4, -0.2) is 4.57 Å². The molecule has 2 N–H and O–H groups in total. The summed E-state index contributed by atoms with van der Waals surface area (Å²) in [5, 5.41) is 0. The summed E-state index contributed by atoms with van der Waals surface area (Å²) in [6, 6.07) is 3.33. The SMILES string of the molecule is CCC1CCCC(n2c(C)cc3c2CC(C)(C)CC3N)C1. The third-order valence-electron chi connectivity index (χ3n) is 5.88. The number of aromatic nitrogens is 1. The quantitative estimate of drug-likeness (QED) is 0.823. The Kier molecular flexibility index (Phi) is 3.94. The minimum atomic E-state index is 0.231. The van der Waals surface area contributed by atoms with Gasteiger partial charge in [0, 0.05) is 23.5 Å². The van der Waals surface area contributed by atoms with Gasteiger partial charge in [0.1, 0.15) is 0 Å². The van der Waals surface area contributed by atoms with Crippen molar-refractivity contribution in [3.8, 4) is 0 Å². The van der Waals surface area contributed by atoms with Crippen LogP contribution in [0.2, 0.25) is 0 Å². The Labute approximate surface area is 130 Å². The Morgan fingerprint density at radius 1 is 1.33 bits per heavy atom. The molecule has 0 saturated heterocycles. The van der Waals surface area contributed by atoms with Gasteiger partial charge in [0.05, 0.1) is 0 Å². The molecule has 1 fully saturated rings. The first-order chi connectivity index (χ1) is 9.91. The van der Waals surface area contributed by atoms with Crippen LogP contribution in [0.3, 0.4) is 0 Å². The molecule has 0 aliphatic heterocycles. The minimum Gasteiger partial charge on any atom is -0.346 e. The molecular weight excluding hydrogens is 256 g/mol. The maximum atomic E-state index is 6.47. The van der Waals surface area contributed by atoms with Crippen molar-refractivity contribution in [1.82, 2.24) is 4.57 Å². The predicted molar refractivity (Wildman–Crippen MR) is 89.5 cm³/mol. The lowest BCUT2D eigenvalue weighted by Crippen LogP contribution is -2.32. The standard InChI is InChI=1S/C19H32N2/c1-5-14-7-6-8-15(10-14)21-13(2)9-16-17(20)11-19(3,4)12-18(16)21/h9,14-15,17H,5-8,10-12,20H2,1-4H3. The molecule has 2 aliphatic rings. The molecule has 0 bridgehead atoms. The predicted octanol–water partition coefficient (Wildman–Crippen LogP) is 4.91. The number of hydrogen-bond acceptors (Lipinski definition) is 1. The summed E-state index contributed by atoms with van der Waals surface area (Å²) in [6.07, 6.45) is 9.20. The van der Waals surface area contributed by atoms with Gasteiger partial charge >= 0.3 is 0 Å². The zero-order chi connectivity index (χ0) is 15.2. The second-order valence-corrected chi connectivity index (χ2v) is 8.30. The first-order valence-electron chi connectivity index (χ1n) is 8.87. The van der Waals surface area contributed by atoms with Crippen molar-refractivity contribution in [2.45, 2.75) is 84.7 Å². The smallest absolute Gasteiger partial charge is 0.0338 e. The molecule has 118 valence electrons. The average molecular weight is 288 g/mol. The van der Waals surface area contributed by atoms with Gasteiger partial charge in [-0.15, -0.1) is 0 Å². The first-order valence-corrected chi connectivity index (χ1v) is 8.87. The van der Waals surface area contributed by atoms with Gasteiger partial charge in [-0.1, -0.05) is 40.0 Å². The molecule has 1 heterocycles. The van der Waals surface area contributed by atoms with Gasteiger partial charge in [-0.2, -0.15) is 0 Å². The van der Waals surface area contributed by atoms with Crippen molar-refractivity contribution in [2.75, 3.05) is 0 Å². The van der Waals surface area contributed by atoms with E-state index in [1.807, 2.05) is 0 Å². The summed E-state index contributed by atoms with van der Waals surface area (Å²) in [4.78, 5) is 0. The Bertz CT molecular complexity index is 512. The maximum Gasteiger partial charge on any atom is 0.0338 e. The van der Waals surface area contributed by atoms with E-state index in [9.17, 15) is 0 Å². The highest BCUT2D eigenvalue weighted by molar-refractivity contribution is 5.34. The number of nitrogens with two attached hydrogens (primary N) is 1. The van der Waals surface area contributed by atoms with Gasteiger partial charge in [0.2, 0.25) is 0 Å². The number of aryl methyl sites for hydroxylation is 1. The summed E-state index contributed by atoms with van der Waals surface area (Å²) in [7, 11) is 0. The van der Waals surface area contributed by atoms with Crippen molar-refractivity contribution >= 4 is 0 Å². The van der Waals surface area contributed by atoms with E-state index in [2.05, 4.69) is 38.3 Å². The summed E-state index contributed by atoms with van der Waals surface area (Å²) >= 11 is 0. The van der Waals surface area contributed by atoms with Crippen LogP contribution in [0.15, 0.2) is 6.07 Å². The third kappa shape index (κ3) is 2.79. The fraction of sp³-hybridized carbons (Fsp3) is 0.789. The molecule has 21 heavy (non-hydrogen) atoms. The van der Waals surface area contributed by atoms with Crippen LogP contribution in [-0.2, 0) is 6.42 Å². The van der Waals surface area contributed by atoms with Crippen LogP contribution in [0.25, 0.3) is 0 Å². The average Bonchev–Trinajstić information content (AvgIpc) is 2.74. The molecule has 3 unspecified atom stereocenters. The Morgan fingerprint density at radius 3 is 2.81 bits per heavy atom. The van der Waals surface area contributed by atoms with Crippen molar-refractivity contribution in [1.29, 1.82) is 0 Å². The normalized spacial score (nSPS) is 32.0. The molecule has 0 aromatic carbocycles. The first kappa shape index (κ1) is 15.1. The molecule has 3 atom stereocenters. The molecule has 1 aromatic heterocycles. The lowest BCUT2D eigenvalue weighted by atomic mass is 9.74. The topological polar surface area (TPSA) is 30.9 Å². The van der Waals surface area contributed by atoms with E-state index in [0.29, 0.717) is 11.5 Å². The molecular formula is C19H32N2. The molecule has 1 saturated carbocycles. The van der Waals surface area contributed by atoms with Crippen LogP contribution in [0.4, 0.5) is 0 Å². The van der Waals surface area contributed by atoms with Gasteiger partial charge in [-0.25, -0.2) is 0 Å². The fourth-order valence-corrected chi connectivity index (χ4v) is 4.85. The molecule has 0 amide bonds. The van der Waals surface area contributed by atoms with Crippen molar-refractivity contribution < 1.29 is 0 Å². The van der Waals surface area contributed by atoms with Gasteiger partial charge in [0.15, 0.2) is 0 Å². The largest absolute Gasteiger partial charge is 0.346 e. The van der Waals surface area contributed by atoms with Crippen LogP contribution >= 0.6 is 0 Å². The summed E-state index contributed by atoms with van der Waals surface area (Å²) in [5.41, 5.74) is 11.2. The van der Waals surface area contributed by atoms with Crippen molar-refractivity contribution in [3.05, 3.63) is 23.0 Å². The van der Waals surface area contributed by atoms with E-state index in [4.69, 9.17) is 5.73 Å². The molecule has 2 heteroatoms. The number of rotatable bonds is 2. The van der Waals surface area contributed by atoms with Gasteiger partial charge in [-0.05, 0) is 55.6 Å². The lowest BCUT2D eigenvalue weighted by Gasteiger charge is -2.37. The molecule has 0 radical (unpaired) electrons. The minimum absolute atomic E-state index is 0.231. The second kappa shape index (κ2) is 5.46. The van der Waals surface area contributed by atoms with Crippen LogP contribution in [0, 0.1) is 18.3 Å². The Morgan fingerprint density at radius 2 is 2.10 bits per heavy atom.